The fraction of sp³-hybridized carbons (Fsp3) is 0. The molecule has 0 bridgehead atoms. The molecule has 0 saturated heterocycles. The summed E-state index contributed by atoms with van der Waals surface area (Å²) in [5.41, 5.74) is 0. The van der Waals surface area contributed by atoms with Crippen molar-refractivity contribution in [2.75, 3.05) is 0 Å². The molecule has 0 N–H and O–H groups in total. The van der Waals surface area contributed by atoms with Crippen molar-refractivity contribution in [3.8, 4) is 0 Å². The maximum absolute atomic E-state index is 9.75. The average molecular weight is 315 g/mol. The van der Waals surface area contributed by atoms with E-state index in [9.17, 15) is 51.8 Å². The number of halogens is 12. The quantitative estimate of drug-likeness (QED) is 0.360. The van der Waals surface area contributed by atoms with Gasteiger partial charge in [-0.15, -0.1) is 0 Å². The number of hydrogen-bond acceptors (Lipinski definition) is 0. The van der Waals surface area contributed by atoms with Crippen molar-refractivity contribution in [2.45, 2.75) is 0 Å². The maximum Gasteiger partial charge on any atom is 1.00 e. The van der Waals surface area contributed by atoms with Crippen molar-refractivity contribution in [2.24, 2.45) is 0 Å². The van der Waals surface area contributed by atoms with Crippen molar-refractivity contribution in [1.82, 2.24) is 0 Å². The summed E-state index contributed by atoms with van der Waals surface area (Å²) in [5.74, 6) is 0. The average Bonchev–Trinajstić information content (AvgIpc) is 1.41. The fourth-order valence-corrected chi connectivity index (χ4v) is 0. The van der Waals surface area contributed by atoms with E-state index in [2.05, 4.69) is 0 Å². The zero-order valence-electron chi connectivity index (χ0n) is 8.27. The van der Waals surface area contributed by atoms with Gasteiger partial charge >= 0.3 is 73.1 Å². The topological polar surface area (TPSA) is 0 Å². The van der Waals surface area contributed by atoms with Crippen LogP contribution in [0.2, 0.25) is 0 Å². The summed E-state index contributed by atoms with van der Waals surface area (Å²) in [4.78, 5) is 0. The van der Waals surface area contributed by atoms with Gasteiger partial charge in [-0.25, -0.2) is 0 Å². The van der Waals surface area contributed by atoms with Gasteiger partial charge in [-0.05, 0) is 0 Å². The molecule has 0 aromatic heterocycles. The van der Waals surface area contributed by atoms with Gasteiger partial charge in [-0.1, -0.05) is 0 Å². The van der Waals surface area contributed by atoms with Crippen molar-refractivity contribution in [3.05, 3.63) is 7.43 Å². The summed E-state index contributed by atoms with van der Waals surface area (Å²) >= 11 is 0. The molecule has 0 rings (SSSR count). The van der Waals surface area contributed by atoms with E-state index in [-0.39, 0.29) is 58.8 Å². The van der Waals surface area contributed by atoms with Gasteiger partial charge in [0.15, 0.2) is 0 Å². The smallest absolute Gasteiger partial charge is 0.418 e. The third-order valence-corrected chi connectivity index (χ3v) is 0. The maximum atomic E-state index is 9.75. The van der Waals surface area contributed by atoms with Gasteiger partial charge in [-0.3, -0.25) is 0 Å². The normalized spacial score (nSPS) is 10.6. The van der Waals surface area contributed by atoms with Crippen LogP contribution in [0, 0.1) is 7.43 Å². The van der Waals surface area contributed by atoms with Crippen LogP contribution in [-0.4, -0.2) is 21.8 Å². The van der Waals surface area contributed by atoms with Crippen LogP contribution in [0.15, 0.2) is 0 Å². The van der Waals surface area contributed by atoms with Crippen LogP contribution < -0.4 is 51.4 Å². The molecule has 0 radical (unpaired) electrons. The zero-order chi connectivity index (χ0) is 13.5. The largest absolute Gasteiger partial charge is 1.00 e. The summed E-state index contributed by atoms with van der Waals surface area (Å²) < 4.78 is 117. The first-order valence-electron chi connectivity index (χ1n) is 2.62. The Morgan fingerprint density at radius 3 is 0.353 bits per heavy atom. The van der Waals surface area contributed by atoms with Gasteiger partial charge in [-0.2, -0.15) is 0 Å². The van der Waals surface area contributed by atoms with Crippen molar-refractivity contribution < 1.29 is 103 Å². The molecule has 0 amide bonds. The van der Waals surface area contributed by atoms with E-state index in [1.54, 1.807) is 0 Å². The Balaban J connectivity index is -0.0000000400. The molecule has 0 heterocycles. The van der Waals surface area contributed by atoms with Gasteiger partial charge < -0.3 is 59.2 Å². The molecule has 0 aromatic carbocycles. The van der Waals surface area contributed by atoms with Gasteiger partial charge in [0.05, 0.1) is 0 Å². The minimum Gasteiger partial charge on any atom is -0.418 e. The second kappa shape index (κ2) is 12.0. The van der Waals surface area contributed by atoms with Gasteiger partial charge in [0.2, 0.25) is 0 Å². The third-order valence-electron chi connectivity index (χ3n) is 0. The zero-order valence-corrected chi connectivity index (χ0v) is 11.4. The molecule has 0 saturated carbocycles. The second-order valence-corrected chi connectivity index (χ2v) is 1.48. The van der Waals surface area contributed by atoms with E-state index in [1.165, 1.54) is 0 Å². The summed E-state index contributed by atoms with van der Waals surface area (Å²) in [6.45, 7) is 0. The molecule has 0 aliphatic carbocycles. The van der Waals surface area contributed by atoms with Gasteiger partial charge in [0.25, 0.3) is 0 Å². The summed E-state index contributed by atoms with van der Waals surface area (Å²) in [6, 6.07) is 0. The van der Waals surface area contributed by atoms with Crippen molar-refractivity contribution in [3.63, 3.8) is 0 Å². The molecule has 0 fully saturated rings. The van der Waals surface area contributed by atoms with Crippen LogP contribution in [-0.2, 0) is 0 Å². The SMILES string of the molecule is F[B-](F)(F)F.F[B-](F)(F)F.F[B-](F)(F)F.[CH3-].[K+]. The van der Waals surface area contributed by atoms with Crippen LogP contribution in [0.4, 0.5) is 51.8 Å². The molecule has 0 unspecified atom stereocenters. The van der Waals surface area contributed by atoms with Crippen LogP contribution >= 0.6 is 0 Å². The minimum absolute atomic E-state index is 0. The molecule has 0 spiro atoms. The van der Waals surface area contributed by atoms with Crippen LogP contribution in [0.3, 0.4) is 0 Å². The molecule has 0 aromatic rings. The Kier molecular flexibility index (Phi) is 21.8. The summed E-state index contributed by atoms with van der Waals surface area (Å²) in [7, 11) is -18.0. The van der Waals surface area contributed by atoms with E-state index < -0.39 is 21.8 Å². The molecule has 104 valence electrons. The monoisotopic (exact) mass is 315 g/mol. The van der Waals surface area contributed by atoms with E-state index in [0.29, 0.717) is 0 Å². The first kappa shape index (κ1) is 30.8. The molecule has 0 aliphatic rings. The summed E-state index contributed by atoms with van der Waals surface area (Å²) in [5, 5.41) is 0. The summed E-state index contributed by atoms with van der Waals surface area (Å²) in [6.07, 6.45) is 0. The number of hydrogen-bond donors (Lipinski definition) is 0. The predicted octanol–water partition coefficient (Wildman–Crippen LogP) is 1.35. The van der Waals surface area contributed by atoms with Crippen LogP contribution in [0.25, 0.3) is 0 Å². The fourth-order valence-electron chi connectivity index (χ4n) is 0. The standard InChI is InChI=1S/CH3.3BF4.K/c;3*2-1(3,4)5;/h1H3;;;;/q4*-1;+1. The van der Waals surface area contributed by atoms with Gasteiger partial charge in [0, 0.05) is 0 Å². The molecular formula is CH3B3F12K-3. The van der Waals surface area contributed by atoms with E-state index >= 15 is 0 Å². The van der Waals surface area contributed by atoms with E-state index in [0.717, 1.165) is 0 Å². The Labute approximate surface area is 131 Å². The first-order valence-corrected chi connectivity index (χ1v) is 2.62. The van der Waals surface area contributed by atoms with Crippen LogP contribution in [0.1, 0.15) is 0 Å². The predicted molar refractivity (Wildman–Crippen MR) is 37.0 cm³/mol. The minimum atomic E-state index is -6.00. The molecule has 0 atom stereocenters. The Morgan fingerprint density at radius 1 is 0.353 bits per heavy atom. The van der Waals surface area contributed by atoms with E-state index in [1.807, 2.05) is 0 Å². The number of rotatable bonds is 0. The Morgan fingerprint density at radius 2 is 0.353 bits per heavy atom. The second-order valence-electron chi connectivity index (χ2n) is 1.48. The molecular weight excluding hydrogens is 312 g/mol. The first-order chi connectivity index (χ1) is 6.00. The van der Waals surface area contributed by atoms with Gasteiger partial charge in [0.1, 0.15) is 0 Å². The van der Waals surface area contributed by atoms with Crippen molar-refractivity contribution in [1.29, 1.82) is 0 Å². The Hall–Kier alpha value is 0.991. The molecule has 0 aliphatic heterocycles. The Bertz CT molecular complexity index is 96.8. The third kappa shape index (κ3) is 3890. The molecule has 0 nitrogen and oxygen atoms in total. The molecule has 17 heavy (non-hydrogen) atoms. The van der Waals surface area contributed by atoms with Crippen LogP contribution in [0.5, 0.6) is 0 Å². The van der Waals surface area contributed by atoms with E-state index in [4.69, 9.17) is 0 Å². The van der Waals surface area contributed by atoms with Crippen molar-refractivity contribution >= 4 is 21.8 Å². The molecule has 16 heteroatoms.